The summed E-state index contributed by atoms with van der Waals surface area (Å²) in [4.78, 5) is 8.33. The Bertz CT molecular complexity index is 450. The van der Waals surface area contributed by atoms with Crippen molar-refractivity contribution < 1.29 is 0 Å². The minimum absolute atomic E-state index is 0.643. The van der Waals surface area contributed by atoms with Crippen LogP contribution in [0, 0.1) is 3.57 Å². The number of nitrogens with zero attached hydrogens (tertiary/aromatic N) is 4. The van der Waals surface area contributed by atoms with Crippen LogP contribution in [0.1, 0.15) is 12.5 Å². The zero-order valence-electron chi connectivity index (χ0n) is 8.89. The van der Waals surface area contributed by atoms with Crippen molar-refractivity contribution in [1.82, 2.24) is 19.7 Å². The van der Waals surface area contributed by atoms with E-state index in [4.69, 9.17) is 0 Å². The van der Waals surface area contributed by atoms with E-state index in [1.54, 1.807) is 12.4 Å². The van der Waals surface area contributed by atoms with E-state index in [-0.39, 0.29) is 0 Å². The van der Waals surface area contributed by atoms with Gasteiger partial charge in [-0.05, 0) is 29.5 Å². The summed E-state index contributed by atoms with van der Waals surface area (Å²) in [5.41, 5.74) is 1.13. The van der Waals surface area contributed by atoms with E-state index in [1.165, 1.54) is 0 Å². The van der Waals surface area contributed by atoms with E-state index in [1.807, 2.05) is 17.1 Å². The van der Waals surface area contributed by atoms with Crippen LogP contribution in [0.15, 0.2) is 24.8 Å². The monoisotopic (exact) mass is 329 g/mol. The molecular weight excluding hydrogens is 317 g/mol. The second-order valence-electron chi connectivity index (χ2n) is 3.28. The molecular formula is C10H12IN5. The van der Waals surface area contributed by atoms with Crippen molar-refractivity contribution in [3.63, 3.8) is 0 Å². The lowest BCUT2D eigenvalue weighted by atomic mass is 10.4. The zero-order valence-corrected chi connectivity index (χ0v) is 11.0. The highest BCUT2D eigenvalue weighted by molar-refractivity contribution is 14.1. The number of halogens is 1. The van der Waals surface area contributed by atoms with Gasteiger partial charge in [0.05, 0.1) is 6.20 Å². The molecule has 0 spiro atoms. The first kappa shape index (κ1) is 11.3. The maximum absolute atomic E-state index is 4.20. The molecule has 0 aliphatic heterocycles. The first-order valence-corrected chi connectivity index (χ1v) is 6.08. The first-order chi connectivity index (χ1) is 7.78. The molecule has 0 bridgehead atoms. The van der Waals surface area contributed by atoms with E-state index >= 15 is 0 Å². The number of hydrogen-bond acceptors (Lipinski definition) is 4. The molecule has 2 rings (SSSR count). The van der Waals surface area contributed by atoms with Gasteiger partial charge in [0.25, 0.3) is 0 Å². The van der Waals surface area contributed by atoms with Crippen LogP contribution in [0.2, 0.25) is 0 Å². The predicted molar refractivity (Wildman–Crippen MR) is 70.0 cm³/mol. The van der Waals surface area contributed by atoms with E-state index in [2.05, 4.69) is 49.9 Å². The fraction of sp³-hybridized carbons (Fsp3) is 0.300. The van der Waals surface area contributed by atoms with Crippen LogP contribution in [0.5, 0.6) is 0 Å². The van der Waals surface area contributed by atoms with E-state index in [0.29, 0.717) is 12.5 Å². The summed E-state index contributed by atoms with van der Waals surface area (Å²) >= 11 is 2.18. The lowest BCUT2D eigenvalue weighted by Gasteiger charge is -2.01. The lowest BCUT2D eigenvalue weighted by Crippen LogP contribution is -2.02. The number of nitrogens with one attached hydrogen (secondary N) is 1. The molecule has 5 nitrogen and oxygen atoms in total. The topological polar surface area (TPSA) is 55.6 Å². The Balaban J connectivity index is 1.94. The normalized spacial score (nSPS) is 10.4. The van der Waals surface area contributed by atoms with Crippen molar-refractivity contribution >= 4 is 28.5 Å². The van der Waals surface area contributed by atoms with Gasteiger partial charge in [0, 0.05) is 40.8 Å². The molecule has 0 atom stereocenters. The second kappa shape index (κ2) is 5.24. The predicted octanol–water partition coefficient (Wildman–Crippen LogP) is 1.91. The highest BCUT2D eigenvalue weighted by Crippen LogP contribution is 2.05. The van der Waals surface area contributed by atoms with Gasteiger partial charge in [-0.3, -0.25) is 4.68 Å². The standard InChI is InChI=1S/C10H12IN5/c1-2-16-7-8(4-15-16)3-12-10-13-5-9(11)6-14-10/h4-7H,2-3H2,1H3,(H,12,13,14). The Labute approximate surface area is 107 Å². The van der Waals surface area contributed by atoms with Crippen molar-refractivity contribution in [2.45, 2.75) is 20.0 Å². The fourth-order valence-corrected chi connectivity index (χ4v) is 1.53. The smallest absolute Gasteiger partial charge is 0.222 e. The maximum atomic E-state index is 4.20. The number of aromatic nitrogens is 4. The molecule has 0 fully saturated rings. The molecule has 2 aromatic heterocycles. The highest BCUT2D eigenvalue weighted by atomic mass is 127. The van der Waals surface area contributed by atoms with Gasteiger partial charge in [0.15, 0.2) is 0 Å². The Morgan fingerprint density at radius 2 is 2.06 bits per heavy atom. The van der Waals surface area contributed by atoms with Crippen LogP contribution in [-0.2, 0) is 13.1 Å². The van der Waals surface area contributed by atoms with Gasteiger partial charge >= 0.3 is 0 Å². The number of aryl methyl sites for hydroxylation is 1. The molecule has 0 aliphatic rings. The van der Waals surface area contributed by atoms with Gasteiger partial charge in [-0.2, -0.15) is 5.10 Å². The van der Waals surface area contributed by atoms with E-state index in [9.17, 15) is 0 Å². The minimum atomic E-state index is 0.643. The molecule has 0 amide bonds. The van der Waals surface area contributed by atoms with E-state index < -0.39 is 0 Å². The summed E-state index contributed by atoms with van der Waals surface area (Å²) < 4.78 is 2.92. The maximum Gasteiger partial charge on any atom is 0.222 e. The SMILES string of the molecule is CCn1cc(CNc2ncc(I)cn2)cn1. The Morgan fingerprint density at radius 1 is 1.31 bits per heavy atom. The van der Waals surface area contributed by atoms with Gasteiger partial charge in [-0.25, -0.2) is 9.97 Å². The molecule has 0 saturated carbocycles. The second-order valence-corrected chi connectivity index (χ2v) is 4.53. The van der Waals surface area contributed by atoms with Gasteiger partial charge in [0.2, 0.25) is 5.95 Å². The summed E-state index contributed by atoms with van der Waals surface area (Å²) in [5.74, 6) is 0.643. The zero-order chi connectivity index (χ0) is 11.4. The molecule has 0 radical (unpaired) electrons. The van der Waals surface area contributed by atoms with Crippen LogP contribution < -0.4 is 5.32 Å². The van der Waals surface area contributed by atoms with Crippen molar-refractivity contribution in [2.24, 2.45) is 0 Å². The molecule has 0 unspecified atom stereocenters. The first-order valence-electron chi connectivity index (χ1n) is 5.00. The Kier molecular flexibility index (Phi) is 3.70. The van der Waals surface area contributed by atoms with Gasteiger partial charge in [0.1, 0.15) is 0 Å². The van der Waals surface area contributed by atoms with E-state index in [0.717, 1.165) is 15.7 Å². The van der Waals surface area contributed by atoms with Crippen molar-refractivity contribution in [2.75, 3.05) is 5.32 Å². The Morgan fingerprint density at radius 3 is 2.69 bits per heavy atom. The molecule has 2 aromatic rings. The average molecular weight is 329 g/mol. The quantitative estimate of drug-likeness (QED) is 0.871. The molecule has 0 aliphatic carbocycles. The third kappa shape index (κ3) is 2.91. The molecule has 0 saturated heterocycles. The van der Waals surface area contributed by atoms with Gasteiger partial charge in [-0.1, -0.05) is 0 Å². The summed E-state index contributed by atoms with van der Waals surface area (Å²) in [7, 11) is 0. The third-order valence-corrected chi connectivity index (χ3v) is 2.64. The molecule has 6 heteroatoms. The van der Waals surface area contributed by atoms with Crippen molar-refractivity contribution in [1.29, 1.82) is 0 Å². The van der Waals surface area contributed by atoms with Crippen LogP contribution in [0.3, 0.4) is 0 Å². The van der Waals surface area contributed by atoms with Gasteiger partial charge in [-0.15, -0.1) is 0 Å². The number of hydrogen-bond donors (Lipinski definition) is 1. The van der Waals surface area contributed by atoms with Crippen LogP contribution in [-0.4, -0.2) is 19.7 Å². The summed E-state index contributed by atoms with van der Waals surface area (Å²) in [6.07, 6.45) is 7.43. The summed E-state index contributed by atoms with van der Waals surface area (Å²) in [5, 5.41) is 7.34. The molecule has 84 valence electrons. The fourth-order valence-electron chi connectivity index (χ4n) is 1.26. The van der Waals surface area contributed by atoms with Crippen LogP contribution >= 0.6 is 22.6 Å². The number of rotatable bonds is 4. The lowest BCUT2D eigenvalue weighted by molar-refractivity contribution is 0.659. The third-order valence-electron chi connectivity index (χ3n) is 2.08. The molecule has 16 heavy (non-hydrogen) atoms. The van der Waals surface area contributed by atoms with Crippen molar-refractivity contribution in [3.8, 4) is 0 Å². The average Bonchev–Trinajstić information content (AvgIpc) is 2.76. The molecule has 2 heterocycles. The summed E-state index contributed by atoms with van der Waals surface area (Å²) in [6, 6.07) is 0. The largest absolute Gasteiger partial charge is 0.350 e. The molecule has 1 N–H and O–H groups in total. The van der Waals surface area contributed by atoms with Crippen LogP contribution in [0.4, 0.5) is 5.95 Å². The van der Waals surface area contributed by atoms with Crippen LogP contribution in [0.25, 0.3) is 0 Å². The minimum Gasteiger partial charge on any atom is -0.350 e. The van der Waals surface area contributed by atoms with Crippen molar-refractivity contribution in [3.05, 3.63) is 33.9 Å². The number of anilines is 1. The molecule has 0 aromatic carbocycles. The highest BCUT2D eigenvalue weighted by Gasteiger charge is 1.99. The Hall–Kier alpha value is -1.18. The summed E-state index contributed by atoms with van der Waals surface area (Å²) in [6.45, 7) is 3.65. The van der Waals surface area contributed by atoms with Gasteiger partial charge < -0.3 is 5.32 Å².